The second-order valence-corrected chi connectivity index (χ2v) is 17.0. The van der Waals surface area contributed by atoms with Crippen LogP contribution in [0.1, 0.15) is 93.4 Å². The lowest BCUT2D eigenvalue weighted by molar-refractivity contribution is -0.320. The van der Waals surface area contributed by atoms with Crippen molar-refractivity contribution in [3.8, 4) is 0 Å². The molecule has 46 heavy (non-hydrogen) atoms. The molecule has 0 amide bonds. The number of aldehydes is 1. The first-order valence-corrected chi connectivity index (χ1v) is 17.5. The number of methoxy groups -OCH3 is 1. The fourth-order valence-electron chi connectivity index (χ4n) is 11.0. The lowest BCUT2D eigenvalue weighted by Crippen LogP contribution is -2.65. The van der Waals surface area contributed by atoms with Gasteiger partial charge >= 0.3 is 0 Å². The Hall–Kier alpha value is -1.17. The highest BCUT2D eigenvalue weighted by Crippen LogP contribution is 2.75. The lowest BCUT2D eigenvalue weighted by Gasteiger charge is -2.66. The number of hydrogen-bond donors (Lipinski definition) is 5. The second kappa shape index (κ2) is 12.6. The zero-order chi connectivity index (χ0) is 34.0. The van der Waals surface area contributed by atoms with Gasteiger partial charge in [-0.15, -0.1) is 0 Å². The maximum Gasteiger partial charge on any atom is 0.187 e. The Balaban J connectivity index is 1.45. The Labute approximate surface area is 275 Å². The molecule has 0 aromatic heterocycles. The van der Waals surface area contributed by atoms with Gasteiger partial charge in [-0.2, -0.15) is 0 Å². The zero-order valence-corrected chi connectivity index (χ0v) is 29.2. The summed E-state index contributed by atoms with van der Waals surface area (Å²) in [6, 6.07) is 0. The number of carbonyl (C=O) groups is 1. The van der Waals surface area contributed by atoms with Gasteiger partial charge in [0.2, 0.25) is 0 Å². The SMILES string of the molecule is CO[C@H]1C=C2C(CC[C@H](OC3O[C@H](CO)[C@@H](O)[C@@H](O)[C@H]3O)C2(C)C)[C@]2(C=O)CC[C@]3(C)C([C@H](C)C/C=C/C(C)(C)O)CC[C@@]3(C)C12. The van der Waals surface area contributed by atoms with Crippen molar-refractivity contribution in [2.24, 2.45) is 45.3 Å². The summed E-state index contributed by atoms with van der Waals surface area (Å²) < 4.78 is 18.4. The van der Waals surface area contributed by atoms with E-state index in [-0.39, 0.29) is 28.8 Å². The minimum atomic E-state index is -1.51. The van der Waals surface area contributed by atoms with Gasteiger partial charge in [0.25, 0.3) is 0 Å². The van der Waals surface area contributed by atoms with E-state index in [9.17, 15) is 30.3 Å². The molecule has 0 bridgehead atoms. The second-order valence-electron chi connectivity index (χ2n) is 17.0. The van der Waals surface area contributed by atoms with E-state index < -0.39 is 59.8 Å². The third-order valence-electron chi connectivity index (χ3n) is 13.8. The first-order valence-electron chi connectivity index (χ1n) is 17.5. The molecule has 9 nitrogen and oxygen atoms in total. The molecule has 0 radical (unpaired) electrons. The summed E-state index contributed by atoms with van der Waals surface area (Å²) >= 11 is 0. The van der Waals surface area contributed by atoms with Gasteiger partial charge in [-0.05, 0) is 87.4 Å². The van der Waals surface area contributed by atoms with Crippen LogP contribution in [0.5, 0.6) is 0 Å². The molecule has 1 aliphatic heterocycles. The molecular weight excluding hydrogens is 588 g/mol. The van der Waals surface area contributed by atoms with Gasteiger partial charge in [0.15, 0.2) is 6.29 Å². The van der Waals surface area contributed by atoms with Crippen molar-refractivity contribution in [1.29, 1.82) is 0 Å². The number of fused-ring (bicyclic) bond motifs is 5. The van der Waals surface area contributed by atoms with Gasteiger partial charge in [-0.1, -0.05) is 58.4 Å². The number of allylic oxidation sites excluding steroid dienone is 1. The molecule has 0 aromatic rings. The number of carbonyl (C=O) groups excluding carboxylic acids is 1. The van der Waals surface area contributed by atoms with Gasteiger partial charge in [0.1, 0.15) is 30.7 Å². The van der Waals surface area contributed by atoms with E-state index in [0.717, 1.165) is 44.1 Å². The highest BCUT2D eigenvalue weighted by molar-refractivity contribution is 5.65. The van der Waals surface area contributed by atoms with E-state index in [4.69, 9.17) is 14.2 Å². The highest BCUT2D eigenvalue weighted by atomic mass is 16.7. The van der Waals surface area contributed by atoms with Crippen molar-refractivity contribution >= 4 is 6.29 Å². The topological polar surface area (TPSA) is 146 Å². The molecule has 1 heterocycles. The fourth-order valence-corrected chi connectivity index (χ4v) is 11.0. The van der Waals surface area contributed by atoms with Crippen LogP contribution < -0.4 is 0 Å². The monoisotopic (exact) mass is 648 g/mol. The molecule has 1 saturated heterocycles. The van der Waals surface area contributed by atoms with Gasteiger partial charge in [0.05, 0.1) is 24.4 Å². The van der Waals surface area contributed by atoms with Gasteiger partial charge < -0.3 is 44.5 Å². The molecular formula is C37H60O9. The summed E-state index contributed by atoms with van der Waals surface area (Å²) in [7, 11) is 1.75. The first kappa shape index (κ1) is 36.1. The number of aliphatic hydroxyl groups excluding tert-OH is 4. The quantitative estimate of drug-likeness (QED) is 0.185. The normalized spacial score (nSPS) is 47.9. The predicted octanol–water partition coefficient (Wildman–Crippen LogP) is 3.93. The molecule has 3 saturated carbocycles. The largest absolute Gasteiger partial charge is 0.394 e. The van der Waals surface area contributed by atoms with E-state index in [1.807, 2.05) is 6.08 Å². The maximum absolute atomic E-state index is 13.6. The molecule has 4 aliphatic carbocycles. The van der Waals surface area contributed by atoms with Crippen LogP contribution in [0, 0.1) is 45.3 Å². The van der Waals surface area contributed by atoms with Crippen molar-refractivity contribution < 1.29 is 44.5 Å². The zero-order valence-electron chi connectivity index (χ0n) is 29.2. The fraction of sp³-hybridized carbons (Fsp3) is 0.865. The minimum absolute atomic E-state index is 0.0258. The first-order chi connectivity index (χ1) is 21.4. The predicted molar refractivity (Wildman–Crippen MR) is 173 cm³/mol. The number of ether oxygens (including phenoxy) is 3. The summed E-state index contributed by atoms with van der Waals surface area (Å²) in [5.41, 5.74) is -0.888. The number of hydrogen-bond acceptors (Lipinski definition) is 9. The third-order valence-corrected chi connectivity index (χ3v) is 13.8. The van der Waals surface area contributed by atoms with Crippen LogP contribution in [0.2, 0.25) is 0 Å². The highest BCUT2D eigenvalue weighted by Gasteiger charge is 2.71. The number of aliphatic hydroxyl groups is 5. The molecule has 5 rings (SSSR count). The summed E-state index contributed by atoms with van der Waals surface area (Å²) in [6.45, 7) is 14.5. The summed E-state index contributed by atoms with van der Waals surface area (Å²) in [5.74, 6) is 0.992. The summed E-state index contributed by atoms with van der Waals surface area (Å²) in [4.78, 5) is 13.6. The minimum Gasteiger partial charge on any atom is -0.394 e. The van der Waals surface area contributed by atoms with Crippen LogP contribution in [-0.2, 0) is 19.0 Å². The molecule has 5 N–H and O–H groups in total. The molecule has 0 spiro atoms. The Kier molecular flexibility index (Phi) is 9.91. The Morgan fingerprint density at radius 1 is 1.02 bits per heavy atom. The van der Waals surface area contributed by atoms with Crippen molar-refractivity contribution in [2.75, 3.05) is 13.7 Å². The Morgan fingerprint density at radius 2 is 1.72 bits per heavy atom. The van der Waals surface area contributed by atoms with Crippen LogP contribution in [0.25, 0.3) is 0 Å². The van der Waals surface area contributed by atoms with Crippen molar-refractivity contribution in [3.63, 3.8) is 0 Å². The summed E-state index contributed by atoms with van der Waals surface area (Å²) in [6.07, 6.45) is 6.41. The van der Waals surface area contributed by atoms with Crippen LogP contribution in [-0.4, -0.2) is 94.1 Å². The molecule has 14 atom stereocenters. The van der Waals surface area contributed by atoms with E-state index in [0.29, 0.717) is 18.3 Å². The average molecular weight is 649 g/mol. The van der Waals surface area contributed by atoms with Gasteiger partial charge in [0, 0.05) is 23.9 Å². The van der Waals surface area contributed by atoms with Crippen molar-refractivity contribution in [2.45, 2.75) is 142 Å². The van der Waals surface area contributed by atoms with Crippen LogP contribution >= 0.6 is 0 Å². The standard InChI is InChI=1S/C37H60O9/c1-21(10-9-14-33(2,3)43)22-13-15-36(7)31-25(44-8)18-24-23(37(31,20-39)17-16-35(22,36)6)11-12-27(34(24,4)5)46-32-30(42)29(41)28(40)26(19-38)45-32/h9,14,18,20-23,25-32,38,40-43H,10-13,15-17,19H2,1-8H3/b14-9+/t21-,22?,23?,25+,26-,27+,28-,29-,30-,31?,32?,35-,36+,37-/m1/s1. The summed E-state index contributed by atoms with van der Waals surface area (Å²) in [5, 5.41) is 51.2. The molecule has 4 unspecified atom stereocenters. The van der Waals surface area contributed by atoms with Gasteiger partial charge in [-0.3, -0.25) is 0 Å². The van der Waals surface area contributed by atoms with Crippen LogP contribution in [0.3, 0.4) is 0 Å². The van der Waals surface area contributed by atoms with Crippen LogP contribution in [0.15, 0.2) is 23.8 Å². The van der Waals surface area contributed by atoms with Crippen molar-refractivity contribution in [1.82, 2.24) is 0 Å². The van der Waals surface area contributed by atoms with Crippen molar-refractivity contribution in [3.05, 3.63) is 23.8 Å². The maximum atomic E-state index is 13.6. The van der Waals surface area contributed by atoms with E-state index in [1.165, 1.54) is 6.29 Å². The average Bonchev–Trinajstić information content (AvgIpc) is 3.28. The van der Waals surface area contributed by atoms with Gasteiger partial charge in [-0.25, -0.2) is 0 Å². The van der Waals surface area contributed by atoms with E-state index >= 15 is 0 Å². The Morgan fingerprint density at radius 3 is 2.33 bits per heavy atom. The molecule has 262 valence electrons. The third kappa shape index (κ3) is 5.59. The molecule has 4 fully saturated rings. The Bertz CT molecular complexity index is 1170. The van der Waals surface area contributed by atoms with E-state index in [2.05, 4.69) is 46.8 Å². The van der Waals surface area contributed by atoms with Crippen LogP contribution in [0.4, 0.5) is 0 Å². The smallest absolute Gasteiger partial charge is 0.187 e. The number of rotatable bonds is 9. The van der Waals surface area contributed by atoms with E-state index in [1.54, 1.807) is 21.0 Å². The molecule has 5 aliphatic rings. The molecule has 9 heteroatoms. The lowest BCUT2D eigenvalue weighted by atomic mass is 9.38. The molecule has 0 aromatic carbocycles.